The number of nitrogens with one attached hydrogen (secondary N) is 1. The van der Waals surface area contributed by atoms with Crippen molar-refractivity contribution in [1.29, 1.82) is 0 Å². The Bertz CT molecular complexity index is 150. The van der Waals surface area contributed by atoms with Crippen molar-refractivity contribution in [3.05, 3.63) is 11.5 Å². The Labute approximate surface area is 76.0 Å². The summed E-state index contributed by atoms with van der Waals surface area (Å²) in [5.74, 6) is 1.66. The normalized spacial score (nSPS) is 15.2. The van der Waals surface area contributed by atoms with Gasteiger partial charge in [0, 0.05) is 5.92 Å². The molecule has 1 aliphatic heterocycles. The van der Waals surface area contributed by atoms with Gasteiger partial charge in [0.15, 0.2) is 6.73 Å². The van der Waals surface area contributed by atoms with Gasteiger partial charge < -0.3 is 10.1 Å². The maximum absolute atomic E-state index is 5.39. The molecule has 0 aliphatic carbocycles. The molecular formula is C10H21NO. The standard InChI is InChI=1S/C8H15NO.C2H6/c1-4-7-8(6(2)3)10-5-9-7;1-2/h6,9H,4-5H2,1-3H3;1-2H3. The Morgan fingerprint density at radius 1 is 1.42 bits per heavy atom. The second-order valence-electron chi connectivity index (χ2n) is 2.82. The van der Waals surface area contributed by atoms with E-state index in [2.05, 4.69) is 26.1 Å². The fourth-order valence-corrected chi connectivity index (χ4v) is 1.19. The molecule has 2 nitrogen and oxygen atoms in total. The second-order valence-corrected chi connectivity index (χ2v) is 2.82. The van der Waals surface area contributed by atoms with Crippen LogP contribution in [0.3, 0.4) is 0 Å². The first kappa shape index (κ1) is 11.3. The van der Waals surface area contributed by atoms with Gasteiger partial charge in [-0.15, -0.1) is 0 Å². The molecule has 0 saturated carbocycles. The van der Waals surface area contributed by atoms with E-state index in [1.807, 2.05) is 13.8 Å². The average Bonchev–Trinajstić information content (AvgIpc) is 2.55. The van der Waals surface area contributed by atoms with Crippen molar-refractivity contribution in [3.8, 4) is 0 Å². The minimum Gasteiger partial charge on any atom is -0.476 e. The van der Waals surface area contributed by atoms with Crippen LogP contribution in [0.4, 0.5) is 0 Å². The van der Waals surface area contributed by atoms with E-state index in [-0.39, 0.29) is 0 Å². The predicted molar refractivity (Wildman–Crippen MR) is 52.6 cm³/mol. The van der Waals surface area contributed by atoms with E-state index >= 15 is 0 Å². The van der Waals surface area contributed by atoms with Gasteiger partial charge in [0.2, 0.25) is 0 Å². The predicted octanol–water partition coefficient (Wildman–Crippen LogP) is 2.87. The van der Waals surface area contributed by atoms with Gasteiger partial charge in [-0.2, -0.15) is 0 Å². The van der Waals surface area contributed by atoms with E-state index in [1.54, 1.807) is 0 Å². The summed E-state index contributed by atoms with van der Waals surface area (Å²) >= 11 is 0. The minimum absolute atomic E-state index is 0.518. The number of hydrogen-bond donors (Lipinski definition) is 1. The van der Waals surface area contributed by atoms with Crippen LogP contribution in [-0.4, -0.2) is 6.73 Å². The second kappa shape index (κ2) is 5.92. The summed E-state index contributed by atoms with van der Waals surface area (Å²) in [6.45, 7) is 11.1. The highest BCUT2D eigenvalue weighted by molar-refractivity contribution is 5.11. The van der Waals surface area contributed by atoms with Crippen molar-refractivity contribution < 1.29 is 4.74 Å². The lowest BCUT2D eigenvalue weighted by atomic mass is 10.1. The van der Waals surface area contributed by atoms with Gasteiger partial charge >= 0.3 is 0 Å². The summed E-state index contributed by atoms with van der Waals surface area (Å²) in [7, 11) is 0. The Morgan fingerprint density at radius 2 is 2.00 bits per heavy atom. The quantitative estimate of drug-likeness (QED) is 0.689. The summed E-state index contributed by atoms with van der Waals surface area (Å²) < 4.78 is 5.39. The fraction of sp³-hybridized carbons (Fsp3) is 0.800. The molecule has 2 heteroatoms. The number of rotatable bonds is 2. The van der Waals surface area contributed by atoms with Crippen molar-refractivity contribution in [2.75, 3.05) is 6.73 Å². The zero-order valence-electron chi connectivity index (χ0n) is 8.90. The lowest BCUT2D eigenvalue weighted by Crippen LogP contribution is -2.06. The van der Waals surface area contributed by atoms with Crippen molar-refractivity contribution in [2.24, 2.45) is 5.92 Å². The lowest BCUT2D eigenvalue weighted by Gasteiger charge is -2.06. The summed E-state index contributed by atoms with van der Waals surface area (Å²) in [4.78, 5) is 0. The SMILES string of the molecule is CC.CCC1=C(C(C)C)OCN1. The highest BCUT2D eigenvalue weighted by Gasteiger charge is 2.15. The molecular weight excluding hydrogens is 150 g/mol. The fourth-order valence-electron chi connectivity index (χ4n) is 1.19. The first-order valence-corrected chi connectivity index (χ1v) is 4.85. The zero-order valence-corrected chi connectivity index (χ0v) is 8.90. The maximum Gasteiger partial charge on any atom is 0.158 e. The van der Waals surface area contributed by atoms with E-state index in [4.69, 9.17) is 4.74 Å². The van der Waals surface area contributed by atoms with Crippen molar-refractivity contribution in [1.82, 2.24) is 5.32 Å². The molecule has 72 valence electrons. The van der Waals surface area contributed by atoms with E-state index < -0.39 is 0 Å². The van der Waals surface area contributed by atoms with Crippen molar-refractivity contribution in [3.63, 3.8) is 0 Å². The first-order valence-electron chi connectivity index (χ1n) is 4.85. The number of hydrogen-bond acceptors (Lipinski definition) is 2. The third-order valence-electron chi connectivity index (χ3n) is 1.69. The number of ether oxygens (including phenoxy) is 1. The van der Waals surface area contributed by atoms with Crippen molar-refractivity contribution in [2.45, 2.75) is 41.0 Å². The van der Waals surface area contributed by atoms with E-state index in [9.17, 15) is 0 Å². The minimum atomic E-state index is 0.518. The van der Waals surface area contributed by atoms with Gasteiger partial charge in [-0.1, -0.05) is 34.6 Å². The van der Waals surface area contributed by atoms with Gasteiger partial charge in [0.1, 0.15) is 5.76 Å². The molecule has 1 rings (SSSR count). The van der Waals surface area contributed by atoms with E-state index in [0.717, 1.165) is 12.2 Å². The molecule has 1 N–H and O–H groups in total. The molecule has 0 amide bonds. The summed E-state index contributed by atoms with van der Waals surface area (Å²) in [6.07, 6.45) is 1.05. The third kappa shape index (κ3) is 2.76. The van der Waals surface area contributed by atoms with Gasteiger partial charge in [-0.05, 0) is 6.42 Å². The molecule has 1 aliphatic rings. The third-order valence-corrected chi connectivity index (χ3v) is 1.69. The Morgan fingerprint density at radius 3 is 2.33 bits per heavy atom. The van der Waals surface area contributed by atoms with Crippen LogP contribution in [0.2, 0.25) is 0 Å². The highest BCUT2D eigenvalue weighted by atomic mass is 16.5. The van der Waals surface area contributed by atoms with Crippen LogP contribution < -0.4 is 5.32 Å². The van der Waals surface area contributed by atoms with E-state index in [0.29, 0.717) is 12.6 Å². The molecule has 0 unspecified atom stereocenters. The molecule has 0 spiro atoms. The summed E-state index contributed by atoms with van der Waals surface area (Å²) in [5.41, 5.74) is 1.27. The van der Waals surface area contributed by atoms with Gasteiger partial charge in [0.25, 0.3) is 0 Å². The molecule has 0 bridgehead atoms. The monoisotopic (exact) mass is 171 g/mol. The first-order chi connectivity index (χ1) is 5.75. The van der Waals surface area contributed by atoms with Crippen LogP contribution in [-0.2, 0) is 4.74 Å². The molecule has 1 heterocycles. The molecule has 0 aromatic rings. The van der Waals surface area contributed by atoms with Crippen LogP contribution in [0.1, 0.15) is 41.0 Å². The zero-order chi connectivity index (χ0) is 9.56. The molecule has 0 saturated heterocycles. The topological polar surface area (TPSA) is 21.3 Å². The van der Waals surface area contributed by atoms with Crippen LogP contribution in [0.15, 0.2) is 11.5 Å². The van der Waals surface area contributed by atoms with Gasteiger partial charge in [-0.25, -0.2) is 0 Å². The Hall–Kier alpha value is -0.660. The maximum atomic E-state index is 5.39. The molecule has 0 atom stereocenters. The van der Waals surface area contributed by atoms with Gasteiger partial charge in [0.05, 0.1) is 5.70 Å². The van der Waals surface area contributed by atoms with Crippen LogP contribution in [0.25, 0.3) is 0 Å². The smallest absolute Gasteiger partial charge is 0.158 e. The Balaban J connectivity index is 0.000000561. The van der Waals surface area contributed by atoms with Crippen LogP contribution in [0, 0.1) is 5.92 Å². The molecule has 0 aromatic heterocycles. The van der Waals surface area contributed by atoms with Crippen LogP contribution >= 0.6 is 0 Å². The molecule has 0 aromatic carbocycles. The molecule has 0 fully saturated rings. The Kier molecular flexibility index (Phi) is 5.60. The lowest BCUT2D eigenvalue weighted by molar-refractivity contribution is 0.206. The average molecular weight is 171 g/mol. The van der Waals surface area contributed by atoms with Crippen LogP contribution in [0.5, 0.6) is 0 Å². The molecule has 12 heavy (non-hydrogen) atoms. The van der Waals surface area contributed by atoms with Crippen molar-refractivity contribution >= 4 is 0 Å². The van der Waals surface area contributed by atoms with E-state index in [1.165, 1.54) is 5.70 Å². The molecule has 0 radical (unpaired) electrons. The summed E-state index contributed by atoms with van der Waals surface area (Å²) in [6, 6.07) is 0. The summed E-state index contributed by atoms with van der Waals surface area (Å²) in [5, 5.41) is 3.20. The highest BCUT2D eigenvalue weighted by Crippen LogP contribution is 2.20. The van der Waals surface area contributed by atoms with Gasteiger partial charge in [-0.3, -0.25) is 0 Å². The largest absolute Gasteiger partial charge is 0.476 e. The number of allylic oxidation sites excluding steroid dienone is 2.